The third-order valence-electron chi connectivity index (χ3n) is 4.56. The van der Waals surface area contributed by atoms with E-state index in [0.717, 1.165) is 35.8 Å². The van der Waals surface area contributed by atoms with Crippen molar-refractivity contribution < 1.29 is 9.53 Å². The van der Waals surface area contributed by atoms with Gasteiger partial charge in [-0.05, 0) is 50.8 Å². The van der Waals surface area contributed by atoms with E-state index in [1.165, 1.54) is 19.2 Å². The van der Waals surface area contributed by atoms with E-state index in [0.29, 0.717) is 5.82 Å². The third kappa shape index (κ3) is 4.07. The SMILES string of the molecule is Cc1cccc(OC(C)C(=O)Nc2cc(N3CCCC3)ncn2)c1C. The molecular weight excluding hydrogens is 316 g/mol. The monoisotopic (exact) mass is 340 g/mol. The van der Waals surface area contributed by atoms with Crippen molar-refractivity contribution in [1.82, 2.24) is 9.97 Å². The third-order valence-corrected chi connectivity index (χ3v) is 4.56. The first kappa shape index (κ1) is 17.2. The largest absolute Gasteiger partial charge is 0.481 e. The Bertz CT molecular complexity index is 757. The van der Waals surface area contributed by atoms with E-state index in [4.69, 9.17) is 4.74 Å². The van der Waals surface area contributed by atoms with E-state index < -0.39 is 6.10 Å². The van der Waals surface area contributed by atoms with Crippen LogP contribution in [0.15, 0.2) is 30.6 Å². The minimum Gasteiger partial charge on any atom is -0.481 e. The van der Waals surface area contributed by atoms with Gasteiger partial charge in [0.25, 0.3) is 5.91 Å². The molecular formula is C19H24N4O2. The molecule has 1 amide bonds. The Morgan fingerprint density at radius 2 is 2.00 bits per heavy atom. The van der Waals surface area contributed by atoms with Gasteiger partial charge in [-0.3, -0.25) is 4.79 Å². The van der Waals surface area contributed by atoms with Crippen LogP contribution in [0.1, 0.15) is 30.9 Å². The Morgan fingerprint density at radius 1 is 1.24 bits per heavy atom. The molecule has 3 rings (SSSR count). The number of amides is 1. The van der Waals surface area contributed by atoms with Gasteiger partial charge in [-0.2, -0.15) is 0 Å². The van der Waals surface area contributed by atoms with E-state index >= 15 is 0 Å². The number of aryl methyl sites for hydroxylation is 1. The number of ether oxygens (including phenoxy) is 1. The molecule has 0 aliphatic carbocycles. The summed E-state index contributed by atoms with van der Waals surface area (Å²) in [6.45, 7) is 7.74. The molecule has 1 aromatic heterocycles. The first-order valence-electron chi connectivity index (χ1n) is 8.65. The van der Waals surface area contributed by atoms with E-state index in [2.05, 4.69) is 20.2 Å². The van der Waals surface area contributed by atoms with Crippen LogP contribution in [0.5, 0.6) is 5.75 Å². The molecule has 1 atom stereocenters. The average Bonchev–Trinajstić information content (AvgIpc) is 3.14. The molecule has 2 heterocycles. The predicted octanol–water partition coefficient (Wildman–Crippen LogP) is 3.10. The van der Waals surface area contributed by atoms with Crippen LogP contribution in [0.4, 0.5) is 11.6 Å². The zero-order valence-corrected chi connectivity index (χ0v) is 15.0. The lowest BCUT2D eigenvalue weighted by molar-refractivity contribution is -0.122. The summed E-state index contributed by atoms with van der Waals surface area (Å²) >= 11 is 0. The lowest BCUT2D eigenvalue weighted by atomic mass is 10.1. The highest BCUT2D eigenvalue weighted by molar-refractivity contribution is 5.93. The molecule has 0 bridgehead atoms. The highest BCUT2D eigenvalue weighted by Crippen LogP contribution is 2.22. The summed E-state index contributed by atoms with van der Waals surface area (Å²) < 4.78 is 5.82. The van der Waals surface area contributed by atoms with Gasteiger partial charge in [-0.1, -0.05) is 12.1 Å². The predicted molar refractivity (Wildman–Crippen MR) is 98.1 cm³/mol. The number of anilines is 2. The van der Waals surface area contributed by atoms with Crippen molar-refractivity contribution in [2.45, 2.75) is 39.7 Å². The van der Waals surface area contributed by atoms with E-state index in [1.54, 1.807) is 6.92 Å². The Kier molecular flexibility index (Phi) is 5.16. The fourth-order valence-corrected chi connectivity index (χ4v) is 2.86. The lowest BCUT2D eigenvalue weighted by Crippen LogP contribution is -2.31. The molecule has 0 radical (unpaired) electrons. The van der Waals surface area contributed by atoms with Gasteiger partial charge in [0.15, 0.2) is 6.10 Å². The summed E-state index contributed by atoms with van der Waals surface area (Å²) in [4.78, 5) is 23.1. The summed E-state index contributed by atoms with van der Waals surface area (Å²) in [6, 6.07) is 7.64. The number of hydrogen-bond donors (Lipinski definition) is 1. The van der Waals surface area contributed by atoms with Gasteiger partial charge in [0.1, 0.15) is 23.7 Å². The van der Waals surface area contributed by atoms with Crippen molar-refractivity contribution in [3.05, 3.63) is 41.7 Å². The minimum absolute atomic E-state index is 0.230. The zero-order valence-electron chi connectivity index (χ0n) is 15.0. The van der Waals surface area contributed by atoms with Gasteiger partial charge in [-0.25, -0.2) is 9.97 Å². The smallest absolute Gasteiger partial charge is 0.266 e. The molecule has 1 aliphatic heterocycles. The Labute approximate surface area is 148 Å². The van der Waals surface area contributed by atoms with Crippen LogP contribution >= 0.6 is 0 Å². The topological polar surface area (TPSA) is 67.3 Å². The summed E-state index contributed by atoms with van der Waals surface area (Å²) in [5.41, 5.74) is 2.18. The number of nitrogens with zero attached hydrogens (tertiary/aromatic N) is 3. The minimum atomic E-state index is -0.620. The number of aromatic nitrogens is 2. The van der Waals surface area contributed by atoms with Crippen molar-refractivity contribution in [1.29, 1.82) is 0 Å². The number of benzene rings is 1. The van der Waals surface area contributed by atoms with Crippen molar-refractivity contribution in [3.8, 4) is 5.75 Å². The maximum atomic E-state index is 12.4. The van der Waals surface area contributed by atoms with Crippen LogP contribution in [0, 0.1) is 13.8 Å². The van der Waals surface area contributed by atoms with Gasteiger partial charge < -0.3 is 15.0 Å². The lowest BCUT2D eigenvalue weighted by Gasteiger charge is -2.18. The molecule has 1 fully saturated rings. The number of nitrogens with one attached hydrogen (secondary N) is 1. The zero-order chi connectivity index (χ0) is 17.8. The molecule has 25 heavy (non-hydrogen) atoms. The fourth-order valence-electron chi connectivity index (χ4n) is 2.86. The molecule has 1 saturated heterocycles. The molecule has 0 saturated carbocycles. The van der Waals surface area contributed by atoms with Gasteiger partial charge in [0.05, 0.1) is 0 Å². The van der Waals surface area contributed by atoms with Crippen LogP contribution in [0.2, 0.25) is 0 Å². The summed E-state index contributed by atoms with van der Waals surface area (Å²) in [5, 5.41) is 2.82. The summed E-state index contributed by atoms with van der Waals surface area (Å²) in [7, 11) is 0. The Hall–Kier alpha value is -2.63. The second-order valence-corrected chi connectivity index (χ2v) is 6.40. The van der Waals surface area contributed by atoms with Crippen molar-refractivity contribution in [2.24, 2.45) is 0 Å². The van der Waals surface area contributed by atoms with E-state index in [9.17, 15) is 4.79 Å². The van der Waals surface area contributed by atoms with E-state index in [1.807, 2.05) is 38.1 Å². The van der Waals surface area contributed by atoms with Gasteiger partial charge in [0.2, 0.25) is 0 Å². The maximum Gasteiger partial charge on any atom is 0.266 e. The Morgan fingerprint density at radius 3 is 2.76 bits per heavy atom. The van der Waals surface area contributed by atoms with Gasteiger partial charge in [-0.15, -0.1) is 0 Å². The molecule has 0 spiro atoms. The van der Waals surface area contributed by atoms with Crippen LogP contribution < -0.4 is 15.0 Å². The van der Waals surface area contributed by atoms with Crippen LogP contribution in [-0.4, -0.2) is 35.1 Å². The number of rotatable bonds is 5. The first-order chi connectivity index (χ1) is 12.0. The standard InChI is InChI=1S/C19H24N4O2/c1-13-7-6-8-16(14(13)2)25-15(3)19(24)22-17-11-18(21-12-20-17)23-9-4-5-10-23/h6-8,11-12,15H,4-5,9-10H2,1-3H3,(H,20,21,22,24). The Balaban J connectivity index is 1.65. The molecule has 6 nitrogen and oxygen atoms in total. The number of carbonyl (C=O) groups excluding carboxylic acids is 1. The van der Waals surface area contributed by atoms with Crippen molar-refractivity contribution in [3.63, 3.8) is 0 Å². The van der Waals surface area contributed by atoms with Crippen molar-refractivity contribution in [2.75, 3.05) is 23.3 Å². The van der Waals surface area contributed by atoms with Crippen LogP contribution in [-0.2, 0) is 4.79 Å². The molecule has 6 heteroatoms. The second-order valence-electron chi connectivity index (χ2n) is 6.40. The number of hydrogen-bond acceptors (Lipinski definition) is 5. The molecule has 1 aromatic carbocycles. The van der Waals surface area contributed by atoms with Gasteiger partial charge in [0, 0.05) is 19.2 Å². The van der Waals surface area contributed by atoms with Gasteiger partial charge >= 0.3 is 0 Å². The molecule has 1 unspecified atom stereocenters. The summed E-state index contributed by atoms with van der Waals surface area (Å²) in [6.07, 6.45) is 3.21. The highest BCUT2D eigenvalue weighted by Gasteiger charge is 2.18. The molecule has 1 N–H and O–H groups in total. The van der Waals surface area contributed by atoms with E-state index in [-0.39, 0.29) is 5.91 Å². The molecule has 2 aromatic rings. The normalized spacial score (nSPS) is 15.1. The van der Waals surface area contributed by atoms with Crippen LogP contribution in [0.25, 0.3) is 0 Å². The average molecular weight is 340 g/mol. The number of carbonyl (C=O) groups is 1. The fraction of sp³-hybridized carbons (Fsp3) is 0.421. The molecule has 132 valence electrons. The maximum absolute atomic E-state index is 12.4. The first-order valence-corrected chi connectivity index (χ1v) is 8.65. The second kappa shape index (κ2) is 7.51. The van der Waals surface area contributed by atoms with Crippen molar-refractivity contribution >= 4 is 17.5 Å². The van der Waals surface area contributed by atoms with Crippen LogP contribution in [0.3, 0.4) is 0 Å². The molecule has 1 aliphatic rings. The quantitative estimate of drug-likeness (QED) is 0.906. The highest BCUT2D eigenvalue weighted by atomic mass is 16.5. The summed E-state index contributed by atoms with van der Waals surface area (Å²) in [5.74, 6) is 1.85.